The number of ether oxygens (including phenoxy) is 3. The lowest BCUT2D eigenvalue weighted by atomic mass is 9.84. The van der Waals surface area contributed by atoms with Crippen LogP contribution in [-0.4, -0.2) is 43.2 Å². The van der Waals surface area contributed by atoms with E-state index in [1.807, 2.05) is 194 Å². The van der Waals surface area contributed by atoms with E-state index in [1.54, 1.807) is 48.5 Å². The van der Waals surface area contributed by atoms with Gasteiger partial charge in [-0.05, 0) is 44.5 Å². The van der Waals surface area contributed by atoms with Crippen LogP contribution in [0, 0.1) is 0 Å². The highest BCUT2D eigenvalue weighted by molar-refractivity contribution is 7.49. The summed E-state index contributed by atoms with van der Waals surface area (Å²) in [6.07, 6.45) is -8.15. The maximum absolute atomic E-state index is 16.1. The van der Waals surface area contributed by atoms with Crippen LogP contribution in [0.25, 0.3) is 0 Å². The smallest absolute Gasteiger partial charge is 0.369 e. The van der Waals surface area contributed by atoms with Crippen molar-refractivity contribution in [1.29, 1.82) is 0 Å². The first kappa shape index (κ1) is 61.3. The van der Waals surface area contributed by atoms with Gasteiger partial charge in [-0.1, -0.05) is 249 Å². The van der Waals surface area contributed by atoms with Gasteiger partial charge in [0.05, 0.1) is 59.5 Å². The molecule has 0 unspecified atom stereocenters. The van der Waals surface area contributed by atoms with E-state index in [1.165, 1.54) is 6.08 Å². The molecule has 0 bridgehead atoms. The minimum absolute atomic E-state index is 0.117. The van der Waals surface area contributed by atoms with Gasteiger partial charge >= 0.3 is 23.5 Å². The molecule has 1 fully saturated rings. The minimum atomic E-state index is -4.94. The fourth-order valence-electron chi connectivity index (χ4n) is 8.87. The van der Waals surface area contributed by atoms with Crippen LogP contribution in [0.5, 0.6) is 0 Å². The summed E-state index contributed by atoms with van der Waals surface area (Å²) in [4.78, 5) is 0. The van der Waals surface area contributed by atoms with Crippen molar-refractivity contribution in [2.24, 2.45) is 0 Å². The zero-order chi connectivity index (χ0) is 57.4. The largest absolute Gasteiger partial charge is 0.475 e. The molecule has 432 valence electrons. The van der Waals surface area contributed by atoms with Gasteiger partial charge in [-0.3, -0.25) is 40.7 Å². The van der Waals surface area contributed by atoms with E-state index in [9.17, 15) is 0 Å². The Hall–Kier alpha value is -6.29. The van der Waals surface area contributed by atoms with Gasteiger partial charge in [0.15, 0.2) is 0 Å². The molecular formula is C65H67O15P3. The van der Waals surface area contributed by atoms with Crippen molar-refractivity contribution < 1.29 is 68.6 Å². The average Bonchev–Trinajstić information content (AvgIpc) is 3.55. The maximum atomic E-state index is 16.1. The molecule has 0 aromatic heterocycles. The number of rotatable bonds is 33. The highest BCUT2D eigenvalue weighted by Gasteiger charge is 2.61. The van der Waals surface area contributed by atoms with Gasteiger partial charge in [0, 0.05) is 0 Å². The first-order valence-electron chi connectivity index (χ1n) is 27.1. The predicted octanol–water partition coefficient (Wildman–Crippen LogP) is 15.5. The van der Waals surface area contributed by atoms with Crippen molar-refractivity contribution >= 4 is 23.5 Å². The van der Waals surface area contributed by atoms with Crippen molar-refractivity contribution in [3.8, 4) is 0 Å². The highest BCUT2D eigenvalue weighted by Crippen LogP contribution is 2.60. The molecule has 15 nitrogen and oxygen atoms in total. The molecule has 1 saturated carbocycles. The fourth-order valence-corrected chi connectivity index (χ4v) is 12.9. The quantitative estimate of drug-likeness (QED) is 0.0282. The molecule has 0 amide bonds. The molecule has 1 aliphatic rings. The summed E-state index contributed by atoms with van der Waals surface area (Å²) in [5, 5.41) is 0. The fraction of sp³-hybridized carbons (Fsp3) is 0.231. The summed E-state index contributed by atoms with van der Waals surface area (Å²) < 4.78 is 128. The highest BCUT2D eigenvalue weighted by atomic mass is 31.2. The molecule has 0 saturated heterocycles. The minimum Gasteiger partial charge on any atom is -0.369 e. The van der Waals surface area contributed by atoms with Crippen LogP contribution in [0.4, 0.5) is 0 Å². The summed E-state index contributed by atoms with van der Waals surface area (Å²) in [6, 6.07) is 73.0. The number of hydrogen-bond donors (Lipinski definition) is 0. The van der Waals surface area contributed by atoms with Crippen molar-refractivity contribution in [2.75, 3.05) is 6.61 Å². The first-order chi connectivity index (χ1) is 40.6. The third-order valence-electron chi connectivity index (χ3n) is 13.1. The monoisotopic (exact) mass is 1180 g/mol. The topological polar surface area (TPSA) is 162 Å². The van der Waals surface area contributed by atoms with E-state index in [0.717, 1.165) is 0 Å². The van der Waals surface area contributed by atoms with Crippen molar-refractivity contribution in [3.05, 3.63) is 300 Å². The van der Waals surface area contributed by atoms with Gasteiger partial charge in [0.25, 0.3) is 0 Å². The molecule has 1 aliphatic carbocycles. The molecule has 6 atom stereocenters. The number of benzene rings is 8. The number of phosphoric ester groups is 3. The Balaban J connectivity index is 1.23. The van der Waals surface area contributed by atoms with E-state index >= 15 is 13.7 Å². The second-order valence-electron chi connectivity index (χ2n) is 19.2. The lowest BCUT2D eigenvalue weighted by Gasteiger charge is -2.50. The van der Waals surface area contributed by atoms with Gasteiger partial charge in [0.2, 0.25) is 0 Å². The third-order valence-corrected chi connectivity index (χ3v) is 17.2. The number of phosphoric acid groups is 3. The molecule has 0 aliphatic heterocycles. The molecule has 18 heteroatoms. The summed E-state index contributed by atoms with van der Waals surface area (Å²) in [5.74, 6) is 0. The lowest BCUT2D eigenvalue weighted by Crippen LogP contribution is -2.67. The average molecular weight is 1180 g/mol. The standard InChI is InChI=1S/C65H67O15P3/c1-2-43-69-60-61(70-44-52-27-11-3-12-28-52)64(79-82(67,74-48-56-35-19-7-20-36-56)75-49-57-37-21-8-22-38-57)65(80-83(68,76-50-58-39-23-9-24-40-58)77-51-59-41-25-10-26-42-59)62(71-45-53-29-13-4-14-30-53)63(60)78-81(66,72-46-54-31-15-5-16-32-54)73-47-55-33-17-6-18-34-55/h2-42,60-65H,1,43-51H2/t60-,61-,62-,63+,64+,65+/m0/s1. The van der Waals surface area contributed by atoms with Gasteiger partial charge < -0.3 is 14.2 Å². The zero-order valence-electron chi connectivity index (χ0n) is 45.7. The zero-order valence-corrected chi connectivity index (χ0v) is 48.4. The summed E-state index contributed by atoms with van der Waals surface area (Å²) in [5.41, 5.74) is 5.28. The maximum Gasteiger partial charge on any atom is 0.475 e. The van der Waals surface area contributed by atoms with Crippen LogP contribution in [0.3, 0.4) is 0 Å². The molecular weight excluding hydrogens is 1110 g/mol. The second-order valence-corrected chi connectivity index (χ2v) is 24.1. The Morgan fingerprint density at radius 3 is 0.663 bits per heavy atom. The van der Waals surface area contributed by atoms with E-state index in [-0.39, 0.29) is 59.5 Å². The Morgan fingerprint density at radius 2 is 0.446 bits per heavy atom. The van der Waals surface area contributed by atoms with Crippen molar-refractivity contribution in [2.45, 2.75) is 89.5 Å². The van der Waals surface area contributed by atoms with Gasteiger partial charge in [-0.2, -0.15) is 0 Å². The van der Waals surface area contributed by atoms with Crippen molar-refractivity contribution in [3.63, 3.8) is 0 Å². The van der Waals surface area contributed by atoms with E-state index < -0.39 is 60.1 Å². The Morgan fingerprint density at radius 1 is 0.265 bits per heavy atom. The molecule has 0 radical (unpaired) electrons. The molecule has 83 heavy (non-hydrogen) atoms. The van der Waals surface area contributed by atoms with Crippen LogP contribution >= 0.6 is 23.5 Å². The van der Waals surface area contributed by atoms with Crippen LogP contribution in [0.2, 0.25) is 0 Å². The summed E-state index contributed by atoms with van der Waals surface area (Å²) in [7, 11) is -14.7. The molecule has 8 aromatic carbocycles. The second kappa shape index (κ2) is 31.6. The van der Waals surface area contributed by atoms with Crippen LogP contribution < -0.4 is 0 Å². The molecule has 8 aromatic rings. The first-order valence-corrected chi connectivity index (χ1v) is 31.5. The molecule has 9 rings (SSSR count). The normalized spacial score (nSPS) is 18.4. The van der Waals surface area contributed by atoms with Crippen LogP contribution in [0.1, 0.15) is 44.5 Å². The number of hydrogen-bond acceptors (Lipinski definition) is 15. The van der Waals surface area contributed by atoms with E-state index in [4.69, 9.17) is 54.9 Å². The lowest BCUT2D eigenvalue weighted by molar-refractivity contribution is -0.251. The van der Waals surface area contributed by atoms with Gasteiger partial charge in [-0.15, -0.1) is 6.58 Å². The predicted molar refractivity (Wildman–Crippen MR) is 315 cm³/mol. The molecule has 0 heterocycles. The van der Waals surface area contributed by atoms with Crippen LogP contribution in [0.15, 0.2) is 255 Å². The van der Waals surface area contributed by atoms with Gasteiger partial charge in [0.1, 0.15) is 36.6 Å². The molecule has 0 spiro atoms. The van der Waals surface area contributed by atoms with Crippen molar-refractivity contribution in [1.82, 2.24) is 0 Å². The third kappa shape index (κ3) is 19.1. The van der Waals surface area contributed by atoms with E-state index in [2.05, 4.69) is 6.58 Å². The van der Waals surface area contributed by atoms with Gasteiger partial charge in [-0.25, -0.2) is 13.7 Å². The Labute approximate surface area is 485 Å². The van der Waals surface area contributed by atoms with E-state index in [0.29, 0.717) is 44.5 Å². The summed E-state index contributed by atoms with van der Waals surface area (Å²) in [6.45, 7) is 2.12. The summed E-state index contributed by atoms with van der Waals surface area (Å²) >= 11 is 0. The van der Waals surface area contributed by atoms with Crippen LogP contribution in [-0.2, 0) is 121 Å². The Bertz CT molecular complexity index is 3140. The Kier molecular flexibility index (Phi) is 23.3. The molecule has 0 N–H and O–H groups in total. The SMILES string of the molecule is C=CCO[C@H]1[C@H](OCc2ccccc2)[C@@H](OP(=O)(OCc2ccccc2)OCc2ccccc2)[C@H](OP(=O)(OCc2ccccc2)OCc2ccccc2)[C@@H](OCc2ccccc2)[C@@H]1OP(=O)(OCc1ccccc1)OCc1ccccc1.